The molecule has 2 aromatic rings. The number of benzene rings is 1. The van der Waals surface area contributed by atoms with E-state index in [1.54, 1.807) is 19.1 Å². The fourth-order valence-electron chi connectivity index (χ4n) is 2.19. The third-order valence-electron chi connectivity index (χ3n) is 3.68. The molecule has 1 aromatic heterocycles. The predicted octanol–water partition coefficient (Wildman–Crippen LogP) is 2.72. The number of hydrogen-bond acceptors (Lipinski definition) is 4. The summed E-state index contributed by atoms with van der Waals surface area (Å²) in [5, 5.41) is 5.38. The molecule has 134 valence electrons. The molecular formula is C19H24N2O4. The predicted molar refractivity (Wildman–Crippen MR) is 94.7 cm³/mol. The van der Waals surface area contributed by atoms with E-state index in [1.165, 1.54) is 11.8 Å². The Morgan fingerprint density at radius 1 is 1.04 bits per heavy atom. The summed E-state index contributed by atoms with van der Waals surface area (Å²) in [4.78, 5) is 23.7. The van der Waals surface area contributed by atoms with E-state index < -0.39 is 6.10 Å². The SMILES string of the molecule is CC(Oc1ccc(C(C)C)cc1)C(=O)NCCNC(=O)c1ccco1. The van der Waals surface area contributed by atoms with Crippen molar-refractivity contribution in [2.75, 3.05) is 13.1 Å². The lowest BCUT2D eigenvalue weighted by Gasteiger charge is -2.15. The van der Waals surface area contributed by atoms with Crippen molar-refractivity contribution in [2.45, 2.75) is 32.8 Å². The number of amides is 2. The van der Waals surface area contributed by atoms with Gasteiger partial charge in [-0.1, -0.05) is 26.0 Å². The highest BCUT2D eigenvalue weighted by molar-refractivity contribution is 5.91. The van der Waals surface area contributed by atoms with Gasteiger partial charge in [-0.25, -0.2) is 0 Å². The molecule has 0 saturated heterocycles. The fraction of sp³-hybridized carbons (Fsp3) is 0.368. The Hall–Kier alpha value is -2.76. The van der Waals surface area contributed by atoms with Crippen molar-refractivity contribution in [2.24, 2.45) is 0 Å². The van der Waals surface area contributed by atoms with Crippen LogP contribution >= 0.6 is 0 Å². The van der Waals surface area contributed by atoms with Crippen LogP contribution < -0.4 is 15.4 Å². The molecule has 1 heterocycles. The summed E-state index contributed by atoms with van der Waals surface area (Å²) in [6.45, 7) is 6.55. The highest BCUT2D eigenvalue weighted by Crippen LogP contribution is 2.19. The molecule has 0 aliphatic rings. The van der Waals surface area contributed by atoms with Crippen molar-refractivity contribution in [1.29, 1.82) is 0 Å². The van der Waals surface area contributed by atoms with E-state index in [0.717, 1.165) is 0 Å². The van der Waals surface area contributed by atoms with Crippen LogP contribution in [0, 0.1) is 0 Å². The zero-order chi connectivity index (χ0) is 18.2. The Kier molecular flexibility index (Phi) is 6.62. The quantitative estimate of drug-likeness (QED) is 0.722. The number of furan rings is 1. The molecular weight excluding hydrogens is 320 g/mol. The second kappa shape index (κ2) is 8.92. The first-order chi connectivity index (χ1) is 12.0. The summed E-state index contributed by atoms with van der Waals surface area (Å²) < 4.78 is 10.6. The van der Waals surface area contributed by atoms with E-state index in [9.17, 15) is 9.59 Å². The van der Waals surface area contributed by atoms with Gasteiger partial charge in [-0.2, -0.15) is 0 Å². The van der Waals surface area contributed by atoms with Crippen LogP contribution in [-0.2, 0) is 4.79 Å². The van der Waals surface area contributed by atoms with Gasteiger partial charge in [-0.15, -0.1) is 0 Å². The number of carbonyl (C=O) groups excluding carboxylic acids is 2. The van der Waals surface area contributed by atoms with Gasteiger partial charge < -0.3 is 19.8 Å². The van der Waals surface area contributed by atoms with Crippen LogP contribution in [0.2, 0.25) is 0 Å². The second-order valence-corrected chi connectivity index (χ2v) is 6.01. The third-order valence-corrected chi connectivity index (χ3v) is 3.68. The van der Waals surface area contributed by atoms with E-state index in [2.05, 4.69) is 24.5 Å². The van der Waals surface area contributed by atoms with Crippen LogP contribution in [0.15, 0.2) is 47.1 Å². The van der Waals surface area contributed by atoms with Crippen LogP contribution in [0.25, 0.3) is 0 Å². The van der Waals surface area contributed by atoms with Gasteiger partial charge >= 0.3 is 0 Å². The third kappa shape index (κ3) is 5.67. The lowest BCUT2D eigenvalue weighted by atomic mass is 10.0. The van der Waals surface area contributed by atoms with Gasteiger partial charge in [-0.3, -0.25) is 9.59 Å². The average molecular weight is 344 g/mol. The molecule has 2 rings (SSSR count). The lowest BCUT2D eigenvalue weighted by molar-refractivity contribution is -0.127. The summed E-state index contributed by atoms with van der Waals surface area (Å²) >= 11 is 0. The minimum absolute atomic E-state index is 0.236. The Balaban J connectivity index is 1.70. The first-order valence-electron chi connectivity index (χ1n) is 8.33. The zero-order valence-corrected chi connectivity index (χ0v) is 14.7. The minimum Gasteiger partial charge on any atom is -0.481 e. The molecule has 0 saturated carbocycles. The molecule has 0 spiro atoms. The molecule has 6 heteroatoms. The van der Waals surface area contributed by atoms with Gasteiger partial charge in [0.2, 0.25) is 0 Å². The molecule has 6 nitrogen and oxygen atoms in total. The van der Waals surface area contributed by atoms with Gasteiger partial charge in [0.15, 0.2) is 11.9 Å². The molecule has 1 aromatic carbocycles. The molecule has 0 aliphatic carbocycles. The minimum atomic E-state index is -0.620. The lowest BCUT2D eigenvalue weighted by Crippen LogP contribution is -2.40. The van der Waals surface area contributed by atoms with Crippen molar-refractivity contribution in [3.63, 3.8) is 0 Å². The Bertz CT molecular complexity index is 678. The Labute approximate surface area is 147 Å². The summed E-state index contributed by atoms with van der Waals surface area (Å²) in [6, 6.07) is 10.9. The number of nitrogens with one attached hydrogen (secondary N) is 2. The summed E-state index contributed by atoms with van der Waals surface area (Å²) in [7, 11) is 0. The molecule has 0 radical (unpaired) electrons. The van der Waals surface area contributed by atoms with Gasteiger partial charge in [-0.05, 0) is 42.7 Å². The maximum atomic E-state index is 12.0. The van der Waals surface area contributed by atoms with Gasteiger partial charge in [0.05, 0.1) is 6.26 Å². The normalized spacial score (nSPS) is 11.8. The second-order valence-electron chi connectivity index (χ2n) is 6.01. The fourth-order valence-corrected chi connectivity index (χ4v) is 2.19. The van der Waals surface area contributed by atoms with Crippen molar-refractivity contribution in [3.8, 4) is 5.75 Å². The summed E-state index contributed by atoms with van der Waals surface area (Å²) in [5.41, 5.74) is 1.22. The average Bonchev–Trinajstić information content (AvgIpc) is 3.13. The van der Waals surface area contributed by atoms with E-state index in [4.69, 9.17) is 9.15 Å². The number of hydrogen-bond donors (Lipinski definition) is 2. The van der Waals surface area contributed by atoms with Gasteiger partial charge in [0.1, 0.15) is 5.75 Å². The number of carbonyl (C=O) groups is 2. The highest BCUT2D eigenvalue weighted by atomic mass is 16.5. The topological polar surface area (TPSA) is 80.6 Å². The molecule has 0 fully saturated rings. The molecule has 0 aliphatic heterocycles. The van der Waals surface area contributed by atoms with E-state index >= 15 is 0 Å². The Morgan fingerprint density at radius 3 is 2.32 bits per heavy atom. The number of ether oxygens (including phenoxy) is 1. The smallest absolute Gasteiger partial charge is 0.287 e. The van der Waals surface area contributed by atoms with Crippen LogP contribution in [0.5, 0.6) is 5.75 Å². The van der Waals surface area contributed by atoms with Crippen LogP contribution in [0.1, 0.15) is 42.8 Å². The van der Waals surface area contributed by atoms with E-state index in [0.29, 0.717) is 24.8 Å². The highest BCUT2D eigenvalue weighted by Gasteiger charge is 2.14. The van der Waals surface area contributed by atoms with E-state index in [-0.39, 0.29) is 17.6 Å². The number of rotatable bonds is 8. The summed E-state index contributed by atoms with van der Waals surface area (Å²) in [5.74, 6) is 0.797. The Morgan fingerprint density at radius 2 is 1.72 bits per heavy atom. The zero-order valence-electron chi connectivity index (χ0n) is 14.7. The van der Waals surface area contributed by atoms with Crippen molar-refractivity contribution >= 4 is 11.8 Å². The molecule has 2 amide bonds. The van der Waals surface area contributed by atoms with Crippen molar-refractivity contribution < 1.29 is 18.7 Å². The molecule has 2 N–H and O–H groups in total. The maximum Gasteiger partial charge on any atom is 0.287 e. The van der Waals surface area contributed by atoms with Crippen molar-refractivity contribution in [3.05, 3.63) is 54.0 Å². The largest absolute Gasteiger partial charge is 0.481 e. The monoisotopic (exact) mass is 344 g/mol. The first-order valence-corrected chi connectivity index (χ1v) is 8.33. The van der Waals surface area contributed by atoms with Crippen molar-refractivity contribution in [1.82, 2.24) is 10.6 Å². The van der Waals surface area contributed by atoms with Gasteiger partial charge in [0, 0.05) is 13.1 Å². The molecule has 1 atom stereocenters. The van der Waals surface area contributed by atoms with Crippen LogP contribution in [0.4, 0.5) is 0 Å². The maximum absolute atomic E-state index is 12.0. The van der Waals surface area contributed by atoms with E-state index in [1.807, 2.05) is 24.3 Å². The summed E-state index contributed by atoms with van der Waals surface area (Å²) in [6.07, 6.45) is 0.814. The van der Waals surface area contributed by atoms with Gasteiger partial charge in [0.25, 0.3) is 11.8 Å². The van der Waals surface area contributed by atoms with Crippen LogP contribution in [0.3, 0.4) is 0 Å². The van der Waals surface area contributed by atoms with Crippen LogP contribution in [-0.4, -0.2) is 31.0 Å². The standard InChI is InChI=1S/C19H24N2O4/c1-13(2)15-6-8-16(9-7-15)25-14(3)18(22)20-10-11-21-19(23)17-5-4-12-24-17/h4-9,12-14H,10-11H2,1-3H3,(H,20,22)(H,21,23). The molecule has 1 unspecified atom stereocenters. The molecule has 25 heavy (non-hydrogen) atoms. The molecule has 0 bridgehead atoms. The first kappa shape index (κ1) is 18.6.